The predicted molar refractivity (Wildman–Crippen MR) is 99.3 cm³/mol. The minimum Gasteiger partial charge on any atom is -0.347 e. The second-order valence-corrected chi connectivity index (χ2v) is 9.86. The summed E-state index contributed by atoms with van der Waals surface area (Å²) in [6, 6.07) is 4.56. The number of nitrogens with zero attached hydrogens (tertiary/aromatic N) is 1. The van der Waals surface area contributed by atoms with Crippen molar-refractivity contribution < 1.29 is 13.2 Å². The van der Waals surface area contributed by atoms with Gasteiger partial charge < -0.3 is 5.32 Å². The summed E-state index contributed by atoms with van der Waals surface area (Å²) >= 11 is 1.51. The number of amides is 1. The summed E-state index contributed by atoms with van der Waals surface area (Å²) < 4.78 is 27.5. The first kappa shape index (κ1) is 19.6. The van der Waals surface area contributed by atoms with Crippen molar-refractivity contribution in [2.75, 3.05) is 0 Å². The van der Waals surface area contributed by atoms with Gasteiger partial charge in [0, 0.05) is 22.2 Å². The van der Waals surface area contributed by atoms with Crippen molar-refractivity contribution in [1.29, 1.82) is 0 Å². The standard InChI is InChI=1S/C17H23N3O3S2/c1-11-6-7-14(25(22,23)20-17(3,4)5)8-15(11)16(21)19-10-13-9-18-12(2)24-13/h6-9,20H,10H2,1-5H3,(H,19,21). The number of sulfonamides is 1. The molecule has 2 rings (SSSR count). The molecular weight excluding hydrogens is 358 g/mol. The molecule has 0 spiro atoms. The Morgan fingerprint density at radius 2 is 1.92 bits per heavy atom. The summed E-state index contributed by atoms with van der Waals surface area (Å²) in [7, 11) is -3.69. The van der Waals surface area contributed by atoms with Crippen LogP contribution in [0.4, 0.5) is 0 Å². The van der Waals surface area contributed by atoms with E-state index in [0.29, 0.717) is 17.7 Å². The van der Waals surface area contributed by atoms with E-state index < -0.39 is 15.6 Å². The van der Waals surface area contributed by atoms with Crippen molar-refractivity contribution >= 4 is 27.3 Å². The number of carbonyl (C=O) groups is 1. The molecule has 1 amide bonds. The highest BCUT2D eigenvalue weighted by molar-refractivity contribution is 7.89. The Morgan fingerprint density at radius 3 is 2.48 bits per heavy atom. The number of carbonyl (C=O) groups excluding carboxylic acids is 1. The van der Waals surface area contributed by atoms with Crippen LogP contribution in [0.1, 0.15) is 46.6 Å². The van der Waals surface area contributed by atoms with E-state index in [4.69, 9.17) is 0 Å². The van der Waals surface area contributed by atoms with Crippen LogP contribution in [0, 0.1) is 13.8 Å². The van der Waals surface area contributed by atoms with E-state index in [1.807, 2.05) is 6.92 Å². The maximum absolute atomic E-state index is 12.5. The van der Waals surface area contributed by atoms with Gasteiger partial charge in [-0.15, -0.1) is 11.3 Å². The molecule has 2 aromatic rings. The van der Waals surface area contributed by atoms with Crippen LogP contribution >= 0.6 is 11.3 Å². The first-order valence-corrected chi connectivity index (χ1v) is 10.1. The van der Waals surface area contributed by atoms with Crippen LogP contribution in [0.3, 0.4) is 0 Å². The second kappa shape index (κ2) is 7.23. The molecule has 25 heavy (non-hydrogen) atoms. The molecule has 0 unspecified atom stereocenters. The van der Waals surface area contributed by atoms with Gasteiger partial charge in [0.05, 0.1) is 16.4 Å². The maximum atomic E-state index is 12.5. The third-order valence-corrected chi connectivity index (χ3v) is 5.97. The Kier molecular flexibility index (Phi) is 5.65. The number of hydrogen-bond donors (Lipinski definition) is 2. The Morgan fingerprint density at radius 1 is 1.24 bits per heavy atom. The summed E-state index contributed by atoms with van der Waals surface area (Å²) in [4.78, 5) is 17.6. The van der Waals surface area contributed by atoms with Gasteiger partial charge in [0.1, 0.15) is 0 Å². The summed E-state index contributed by atoms with van der Waals surface area (Å²) in [6.45, 7) is 9.34. The third-order valence-electron chi connectivity index (χ3n) is 3.30. The van der Waals surface area contributed by atoms with E-state index in [-0.39, 0.29) is 10.8 Å². The number of benzene rings is 1. The monoisotopic (exact) mass is 381 g/mol. The van der Waals surface area contributed by atoms with Gasteiger partial charge in [-0.05, 0) is 52.3 Å². The molecule has 0 aliphatic heterocycles. The average molecular weight is 382 g/mol. The lowest BCUT2D eigenvalue weighted by molar-refractivity contribution is 0.0950. The van der Waals surface area contributed by atoms with Crippen LogP contribution in [-0.4, -0.2) is 24.8 Å². The maximum Gasteiger partial charge on any atom is 0.251 e. The molecule has 0 bridgehead atoms. The Labute approximate surface area is 152 Å². The number of aryl methyl sites for hydroxylation is 2. The molecule has 2 N–H and O–H groups in total. The molecule has 0 saturated carbocycles. The molecule has 0 radical (unpaired) electrons. The van der Waals surface area contributed by atoms with Crippen LogP contribution in [0.2, 0.25) is 0 Å². The van der Waals surface area contributed by atoms with Gasteiger partial charge in [0.25, 0.3) is 5.91 Å². The van der Waals surface area contributed by atoms with Gasteiger partial charge in [-0.1, -0.05) is 6.07 Å². The molecular formula is C17H23N3O3S2. The summed E-state index contributed by atoms with van der Waals surface area (Å²) in [5.41, 5.74) is 0.460. The second-order valence-electron chi connectivity index (χ2n) is 6.86. The van der Waals surface area contributed by atoms with Gasteiger partial charge in [-0.2, -0.15) is 0 Å². The van der Waals surface area contributed by atoms with Crippen LogP contribution in [0.25, 0.3) is 0 Å². The number of aromatic nitrogens is 1. The molecule has 1 aromatic heterocycles. The fourth-order valence-electron chi connectivity index (χ4n) is 2.22. The molecule has 0 saturated heterocycles. The summed E-state index contributed by atoms with van der Waals surface area (Å²) in [5, 5.41) is 3.74. The van der Waals surface area contributed by atoms with E-state index in [1.165, 1.54) is 23.5 Å². The van der Waals surface area contributed by atoms with E-state index >= 15 is 0 Å². The largest absolute Gasteiger partial charge is 0.347 e. The zero-order valence-electron chi connectivity index (χ0n) is 15.0. The Hall–Kier alpha value is -1.77. The van der Waals surface area contributed by atoms with E-state index in [2.05, 4.69) is 15.0 Å². The lowest BCUT2D eigenvalue weighted by atomic mass is 10.1. The van der Waals surface area contributed by atoms with Gasteiger partial charge in [0.15, 0.2) is 0 Å². The molecule has 0 aliphatic carbocycles. The highest BCUT2D eigenvalue weighted by atomic mass is 32.2. The molecule has 0 atom stereocenters. The van der Waals surface area contributed by atoms with Crippen LogP contribution in [0.15, 0.2) is 29.3 Å². The van der Waals surface area contributed by atoms with Crippen LogP contribution < -0.4 is 10.0 Å². The molecule has 6 nitrogen and oxygen atoms in total. The van der Waals surface area contributed by atoms with Gasteiger partial charge in [-0.3, -0.25) is 4.79 Å². The smallest absolute Gasteiger partial charge is 0.251 e. The van der Waals surface area contributed by atoms with Crippen molar-refractivity contribution in [3.63, 3.8) is 0 Å². The normalized spacial score (nSPS) is 12.2. The Bertz CT molecular complexity index is 881. The SMILES string of the molecule is Cc1ncc(CNC(=O)c2cc(S(=O)(=O)NC(C)(C)C)ccc2C)s1. The molecule has 0 fully saturated rings. The van der Waals surface area contributed by atoms with E-state index in [9.17, 15) is 13.2 Å². The minimum absolute atomic E-state index is 0.0757. The quantitative estimate of drug-likeness (QED) is 0.833. The first-order chi connectivity index (χ1) is 11.5. The van der Waals surface area contributed by atoms with Gasteiger partial charge >= 0.3 is 0 Å². The van der Waals surface area contributed by atoms with Crippen molar-refractivity contribution in [3.8, 4) is 0 Å². The van der Waals surface area contributed by atoms with Crippen LogP contribution in [0.5, 0.6) is 0 Å². The predicted octanol–water partition coefficient (Wildman–Crippen LogP) is 2.77. The number of rotatable bonds is 5. The molecule has 0 aliphatic rings. The lowest BCUT2D eigenvalue weighted by Gasteiger charge is -2.20. The highest BCUT2D eigenvalue weighted by Crippen LogP contribution is 2.18. The lowest BCUT2D eigenvalue weighted by Crippen LogP contribution is -2.40. The molecule has 1 aromatic carbocycles. The first-order valence-electron chi connectivity index (χ1n) is 7.82. The van der Waals surface area contributed by atoms with Gasteiger partial charge in [0.2, 0.25) is 10.0 Å². The topological polar surface area (TPSA) is 88.2 Å². The third kappa shape index (κ3) is 5.35. The fraction of sp³-hybridized carbons (Fsp3) is 0.412. The van der Waals surface area contributed by atoms with Crippen molar-refractivity contribution in [2.24, 2.45) is 0 Å². The number of nitrogens with one attached hydrogen (secondary N) is 2. The summed E-state index contributed by atoms with van der Waals surface area (Å²) in [6.07, 6.45) is 1.72. The number of thiazole rings is 1. The molecule has 136 valence electrons. The zero-order chi connectivity index (χ0) is 18.8. The zero-order valence-corrected chi connectivity index (χ0v) is 16.6. The Balaban J connectivity index is 2.22. The van der Waals surface area contributed by atoms with Crippen molar-refractivity contribution in [2.45, 2.75) is 51.6 Å². The fourth-order valence-corrected chi connectivity index (χ4v) is 4.40. The minimum atomic E-state index is -3.69. The van der Waals surface area contributed by atoms with E-state index in [0.717, 1.165) is 9.88 Å². The molecule has 8 heteroatoms. The van der Waals surface area contributed by atoms with Gasteiger partial charge in [-0.25, -0.2) is 18.1 Å². The number of hydrogen-bond acceptors (Lipinski definition) is 5. The highest BCUT2D eigenvalue weighted by Gasteiger charge is 2.23. The molecule has 1 heterocycles. The van der Waals surface area contributed by atoms with Crippen molar-refractivity contribution in [1.82, 2.24) is 15.0 Å². The average Bonchev–Trinajstić information content (AvgIpc) is 2.88. The van der Waals surface area contributed by atoms with E-state index in [1.54, 1.807) is 40.0 Å². The summed E-state index contributed by atoms with van der Waals surface area (Å²) in [5.74, 6) is -0.309. The van der Waals surface area contributed by atoms with Crippen LogP contribution in [-0.2, 0) is 16.6 Å². The van der Waals surface area contributed by atoms with Crippen molar-refractivity contribution in [3.05, 3.63) is 45.4 Å².